The maximum atomic E-state index is 11.5. The van der Waals surface area contributed by atoms with Crippen LogP contribution in [-0.4, -0.2) is 12.6 Å². The van der Waals surface area contributed by atoms with Gasteiger partial charge in [-0.2, -0.15) is 5.26 Å². The van der Waals surface area contributed by atoms with Gasteiger partial charge in [-0.05, 0) is 12.5 Å². The van der Waals surface area contributed by atoms with Crippen LogP contribution in [0.1, 0.15) is 24.8 Å². The molecular weight excluding hydrogens is 190 g/mol. The minimum absolute atomic E-state index is 0.173. The first-order valence-corrected chi connectivity index (χ1v) is 4.84. The van der Waals surface area contributed by atoms with Gasteiger partial charge in [0.15, 0.2) is 0 Å². The summed E-state index contributed by atoms with van der Waals surface area (Å²) in [4.78, 5) is 11.5. The fourth-order valence-electron chi connectivity index (χ4n) is 1.20. The summed E-state index contributed by atoms with van der Waals surface area (Å²) in [6.07, 6.45) is 0.243. The highest BCUT2D eigenvalue weighted by atomic mass is 16.5. The van der Waals surface area contributed by atoms with Crippen molar-refractivity contribution in [1.29, 1.82) is 5.26 Å². The summed E-state index contributed by atoms with van der Waals surface area (Å²) in [6.45, 7) is 1.97. The summed E-state index contributed by atoms with van der Waals surface area (Å²) in [5.41, 5.74) is 0.930. The molecule has 0 N–H and O–H groups in total. The molecule has 1 rings (SSSR count). The second-order valence-electron chi connectivity index (χ2n) is 3.21. The van der Waals surface area contributed by atoms with Gasteiger partial charge in [0, 0.05) is 0 Å². The Morgan fingerprint density at radius 2 is 2.13 bits per heavy atom. The van der Waals surface area contributed by atoms with Crippen molar-refractivity contribution < 1.29 is 9.53 Å². The molecule has 15 heavy (non-hydrogen) atoms. The van der Waals surface area contributed by atoms with Gasteiger partial charge in [0.2, 0.25) is 0 Å². The van der Waals surface area contributed by atoms with E-state index in [4.69, 9.17) is 10.00 Å². The van der Waals surface area contributed by atoms with Crippen molar-refractivity contribution in [1.82, 2.24) is 0 Å². The molecule has 78 valence electrons. The second kappa shape index (κ2) is 5.82. The fraction of sp³-hybridized carbons (Fsp3) is 0.333. The molecule has 0 saturated carbocycles. The lowest BCUT2D eigenvalue weighted by Crippen LogP contribution is -2.13. The number of carbonyl (C=O) groups is 1. The summed E-state index contributed by atoms with van der Waals surface area (Å²) in [7, 11) is 0. The number of carbonyl (C=O) groups excluding carboxylic acids is 1. The van der Waals surface area contributed by atoms with Crippen molar-refractivity contribution >= 4 is 5.97 Å². The number of rotatable bonds is 4. The minimum Gasteiger partial charge on any atom is -0.464 e. The zero-order valence-corrected chi connectivity index (χ0v) is 8.64. The van der Waals surface area contributed by atoms with E-state index in [1.807, 2.05) is 36.4 Å². The van der Waals surface area contributed by atoms with E-state index in [9.17, 15) is 4.79 Å². The highest BCUT2D eigenvalue weighted by Gasteiger charge is 2.15. The lowest BCUT2D eigenvalue weighted by molar-refractivity contribution is -0.144. The molecule has 0 spiro atoms. The molecule has 0 heterocycles. The van der Waals surface area contributed by atoms with E-state index in [1.54, 1.807) is 6.92 Å². The third-order valence-electron chi connectivity index (χ3n) is 2.11. The molecule has 0 aromatic heterocycles. The molecule has 0 amide bonds. The zero-order valence-electron chi connectivity index (χ0n) is 8.64. The number of benzene rings is 1. The van der Waals surface area contributed by atoms with Crippen molar-refractivity contribution in [2.75, 3.05) is 6.61 Å². The Labute approximate surface area is 89.3 Å². The summed E-state index contributed by atoms with van der Waals surface area (Å²) in [5, 5.41) is 8.29. The quantitative estimate of drug-likeness (QED) is 0.557. The van der Waals surface area contributed by atoms with Crippen molar-refractivity contribution in [3.63, 3.8) is 0 Å². The molecule has 0 aliphatic rings. The van der Waals surface area contributed by atoms with Gasteiger partial charge in [0.25, 0.3) is 0 Å². The third kappa shape index (κ3) is 3.43. The van der Waals surface area contributed by atoms with Crippen LogP contribution in [0.25, 0.3) is 0 Å². The van der Waals surface area contributed by atoms with Crippen molar-refractivity contribution in [2.45, 2.75) is 19.3 Å². The Morgan fingerprint density at radius 1 is 1.47 bits per heavy atom. The number of nitrogens with zero attached hydrogens (tertiary/aromatic N) is 1. The Hall–Kier alpha value is -1.82. The summed E-state index contributed by atoms with van der Waals surface area (Å²) < 4.78 is 4.94. The molecule has 1 atom stereocenters. The van der Waals surface area contributed by atoms with Crippen LogP contribution < -0.4 is 0 Å². The number of esters is 1. The van der Waals surface area contributed by atoms with Crippen LogP contribution in [-0.2, 0) is 9.53 Å². The number of ether oxygens (including phenoxy) is 1. The van der Waals surface area contributed by atoms with E-state index in [1.165, 1.54) is 0 Å². The molecule has 1 aromatic rings. The Balaban J connectivity index is 2.51. The van der Waals surface area contributed by atoms with Crippen LogP contribution in [0, 0.1) is 11.3 Å². The molecule has 0 radical (unpaired) electrons. The first kappa shape index (κ1) is 11.3. The molecule has 0 bridgehead atoms. The Kier molecular flexibility index (Phi) is 4.36. The zero-order chi connectivity index (χ0) is 11.1. The molecular formula is C12H13NO2. The van der Waals surface area contributed by atoms with Crippen LogP contribution in [0.5, 0.6) is 0 Å². The van der Waals surface area contributed by atoms with Gasteiger partial charge in [-0.15, -0.1) is 0 Å². The molecule has 3 nitrogen and oxygen atoms in total. The van der Waals surface area contributed by atoms with Crippen LogP contribution in [0.3, 0.4) is 0 Å². The molecule has 3 heteroatoms. The molecule has 1 unspecified atom stereocenters. The molecule has 1 aromatic carbocycles. The van der Waals surface area contributed by atoms with E-state index in [0.717, 1.165) is 5.56 Å². The number of hydrogen-bond donors (Lipinski definition) is 0. The number of nitriles is 1. The van der Waals surface area contributed by atoms with Crippen LogP contribution in [0.2, 0.25) is 0 Å². The third-order valence-corrected chi connectivity index (χ3v) is 2.11. The first-order chi connectivity index (χ1) is 7.25. The summed E-state index contributed by atoms with van der Waals surface area (Å²) in [6, 6.07) is 11.4. The van der Waals surface area contributed by atoms with Gasteiger partial charge >= 0.3 is 5.97 Å². The smallest absolute Gasteiger partial charge is 0.313 e. The SMILES string of the molecule is CC(C(=O)OCCC#N)c1ccccc1. The van der Waals surface area contributed by atoms with E-state index >= 15 is 0 Å². The molecule has 0 saturated heterocycles. The van der Waals surface area contributed by atoms with Gasteiger partial charge < -0.3 is 4.74 Å². The predicted octanol–water partition coefficient (Wildman–Crippen LogP) is 2.25. The topological polar surface area (TPSA) is 50.1 Å². The summed E-state index contributed by atoms with van der Waals surface area (Å²) in [5.74, 6) is -0.554. The van der Waals surface area contributed by atoms with Crippen LogP contribution in [0.4, 0.5) is 0 Å². The highest BCUT2D eigenvalue weighted by molar-refractivity contribution is 5.77. The predicted molar refractivity (Wildman–Crippen MR) is 56.0 cm³/mol. The Bertz CT molecular complexity index is 354. The van der Waals surface area contributed by atoms with E-state index in [-0.39, 0.29) is 24.9 Å². The second-order valence-corrected chi connectivity index (χ2v) is 3.21. The average Bonchev–Trinajstić information content (AvgIpc) is 2.29. The van der Waals surface area contributed by atoms with Crippen molar-refractivity contribution in [3.8, 4) is 6.07 Å². The van der Waals surface area contributed by atoms with Crippen LogP contribution in [0.15, 0.2) is 30.3 Å². The normalized spacial score (nSPS) is 11.5. The highest BCUT2D eigenvalue weighted by Crippen LogP contribution is 2.15. The molecule has 0 aliphatic heterocycles. The van der Waals surface area contributed by atoms with Gasteiger partial charge in [-0.25, -0.2) is 0 Å². The van der Waals surface area contributed by atoms with Crippen molar-refractivity contribution in [3.05, 3.63) is 35.9 Å². The molecule has 0 fully saturated rings. The Morgan fingerprint density at radius 3 is 2.73 bits per heavy atom. The molecule has 0 aliphatic carbocycles. The average molecular weight is 203 g/mol. The lowest BCUT2D eigenvalue weighted by atomic mass is 10.0. The van der Waals surface area contributed by atoms with E-state index in [0.29, 0.717) is 0 Å². The number of hydrogen-bond acceptors (Lipinski definition) is 3. The lowest BCUT2D eigenvalue weighted by Gasteiger charge is -2.10. The first-order valence-electron chi connectivity index (χ1n) is 4.84. The van der Waals surface area contributed by atoms with E-state index in [2.05, 4.69) is 0 Å². The fourth-order valence-corrected chi connectivity index (χ4v) is 1.20. The van der Waals surface area contributed by atoms with Gasteiger partial charge in [-0.1, -0.05) is 30.3 Å². The van der Waals surface area contributed by atoms with Gasteiger partial charge in [-0.3, -0.25) is 4.79 Å². The van der Waals surface area contributed by atoms with Gasteiger partial charge in [0.05, 0.1) is 18.4 Å². The van der Waals surface area contributed by atoms with Crippen LogP contribution >= 0.6 is 0 Å². The largest absolute Gasteiger partial charge is 0.464 e. The van der Waals surface area contributed by atoms with Crippen molar-refractivity contribution in [2.24, 2.45) is 0 Å². The maximum Gasteiger partial charge on any atom is 0.313 e. The standard InChI is InChI=1S/C12H13NO2/c1-10(11-6-3-2-4-7-11)12(14)15-9-5-8-13/h2-4,6-7,10H,5,9H2,1H3. The monoisotopic (exact) mass is 203 g/mol. The maximum absolute atomic E-state index is 11.5. The van der Waals surface area contributed by atoms with Gasteiger partial charge in [0.1, 0.15) is 6.61 Å². The summed E-state index contributed by atoms with van der Waals surface area (Å²) >= 11 is 0. The minimum atomic E-state index is -0.281. The van der Waals surface area contributed by atoms with E-state index < -0.39 is 0 Å².